The zero-order valence-corrected chi connectivity index (χ0v) is 11.0. The molecule has 0 bridgehead atoms. The van der Waals surface area contributed by atoms with Gasteiger partial charge in [0.25, 0.3) is 0 Å². The third-order valence-corrected chi connectivity index (χ3v) is 4.44. The van der Waals surface area contributed by atoms with Crippen LogP contribution in [0.2, 0.25) is 0 Å². The number of allylic oxidation sites excluding steroid dienone is 1. The van der Waals surface area contributed by atoms with E-state index in [1.807, 2.05) is 0 Å². The molecule has 0 atom stereocenters. The fourth-order valence-corrected chi connectivity index (χ4v) is 2.48. The van der Waals surface area contributed by atoms with Crippen LogP contribution in [0, 0.1) is 5.92 Å². The van der Waals surface area contributed by atoms with Crippen molar-refractivity contribution in [3.63, 3.8) is 0 Å². The summed E-state index contributed by atoms with van der Waals surface area (Å²) < 4.78 is 12.0. The Labute approximate surface area is 99.5 Å². The van der Waals surface area contributed by atoms with E-state index in [0.717, 1.165) is 5.47 Å². The predicted molar refractivity (Wildman–Crippen MR) is 67.2 cm³/mol. The topological polar surface area (TPSA) is 18.5 Å². The highest BCUT2D eigenvalue weighted by Crippen LogP contribution is 2.41. The summed E-state index contributed by atoms with van der Waals surface area (Å²) in [4.78, 5) is 0. The lowest BCUT2D eigenvalue weighted by Gasteiger charge is -2.32. The fourth-order valence-electron chi connectivity index (χ4n) is 2.48. The second-order valence-corrected chi connectivity index (χ2v) is 6.14. The van der Waals surface area contributed by atoms with Crippen molar-refractivity contribution in [1.29, 1.82) is 0 Å². The van der Waals surface area contributed by atoms with Crippen LogP contribution in [0.3, 0.4) is 0 Å². The second kappa shape index (κ2) is 3.88. The van der Waals surface area contributed by atoms with Gasteiger partial charge in [-0.1, -0.05) is 12.8 Å². The van der Waals surface area contributed by atoms with E-state index in [1.54, 1.807) is 0 Å². The Morgan fingerprint density at radius 3 is 1.94 bits per heavy atom. The molecular formula is C13H23BO2. The molecule has 1 aliphatic carbocycles. The van der Waals surface area contributed by atoms with Gasteiger partial charge < -0.3 is 9.31 Å². The minimum Gasteiger partial charge on any atom is -0.400 e. The minimum atomic E-state index is -0.237. The average Bonchev–Trinajstić information content (AvgIpc) is 2.72. The molecule has 1 aliphatic heterocycles. The first-order chi connectivity index (χ1) is 7.33. The van der Waals surface area contributed by atoms with Crippen molar-refractivity contribution in [3.05, 3.63) is 12.1 Å². The Bertz CT molecular complexity index is 274. The third kappa shape index (κ3) is 1.95. The predicted octanol–water partition coefficient (Wildman–Crippen LogP) is 3.36. The molecule has 0 aromatic carbocycles. The Hall–Kier alpha value is -0.275. The number of rotatable bonds is 2. The molecule has 0 unspecified atom stereocenters. The summed E-state index contributed by atoms with van der Waals surface area (Å²) in [7, 11) is -0.201. The van der Waals surface area contributed by atoms with Crippen molar-refractivity contribution >= 4 is 7.12 Å². The average molecular weight is 222 g/mol. The zero-order valence-electron chi connectivity index (χ0n) is 11.0. The molecule has 1 saturated carbocycles. The summed E-state index contributed by atoms with van der Waals surface area (Å²) in [6, 6.07) is 0. The van der Waals surface area contributed by atoms with Crippen LogP contribution in [0.5, 0.6) is 0 Å². The molecule has 0 spiro atoms. The van der Waals surface area contributed by atoms with Crippen LogP contribution in [-0.2, 0) is 9.31 Å². The van der Waals surface area contributed by atoms with Gasteiger partial charge in [-0.05, 0) is 51.9 Å². The Balaban J connectivity index is 2.05. The van der Waals surface area contributed by atoms with E-state index in [4.69, 9.17) is 9.31 Å². The van der Waals surface area contributed by atoms with Crippen molar-refractivity contribution in [1.82, 2.24) is 0 Å². The van der Waals surface area contributed by atoms with E-state index >= 15 is 0 Å². The number of hydrogen-bond acceptors (Lipinski definition) is 2. The van der Waals surface area contributed by atoms with Gasteiger partial charge in [0.15, 0.2) is 0 Å². The van der Waals surface area contributed by atoms with Crippen molar-refractivity contribution < 1.29 is 9.31 Å². The van der Waals surface area contributed by atoms with E-state index in [-0.39, 0.29) is 18.3 Å². The fraction of sp³-hybridized carbons (Fsp3) is 0.846. The first kappa shape index (κ1) is 12.2. The van der Waals surface area contributed by atoms with E-state index in [1.165, 1.54) is 25.7 Å². The molecule has 0 aromatic heterocycles. The summed E-state index contributed by atoms with van der Waals surface area (Å²) >= 11 is 0. The molecule has 0 amide bonds. The zero-order chi connectivity index (χ0) is 12.0. The maximum Gasteiger partial charge on any atom is 0.490 e. The maximum absolute atomic E-state index is 6.02. The Kier molecular flexibility index (Phi) is 2.96. The largest absolute Gasteiger partial charge is 0.490 e. The summed E-state index contributed by atoms with van der Waals surface area (Å²) in [5, 5.41) is 0. The summed E-state index contributed by atoms with van der Waals surface area (Å²) in [5.74, 6) is 0.606. The highest BCUT2D eigenvalue weighted by molar-refractivity contribution is 6.54. The summed E-state index contributed by atoms with van der Waals surface area (Å²) in [6.07, 6.45) is 5.15. The van der Waals surface area contributed by atoms with E-state index in [2.05, 4.69) is 34.3 Å². The van der Waals surface area contributed by atoms with Crippen LogP contribution >= 0.6 is 0 Å². The molecule has 16 heavy (non-hydrogen) atoms. The normalized spacial score (nSPS) is 28.6. The maximum atomic E-state index is 6.02. The number of hydrogen-bond donors (Lipinski definition) is 0. The van der Waals surface area contributed by atoms with Crippen molar-refractivity contribution in [2.24, 2.45) is 5.92 Å². The third-order valence-electron chi connectivity index (χ3n) is 4.44. The monoisotopic (exact) mass is 222 g/mol. The SMILES string of the molecule is C=C(B1OC(C)(C)C(C)(C)O1)C1CCCC1. The molecule has 1 heterocycles. The van der Waals surface area contributed by atoms with E-state index in [0.29, 0.717) is 5.92 Å². The smallest absolute Gasteiger partial charge is 0.400 e. The summed E-state index contributed by atoms with van der Waals surface area (Å²) in [6.45, 7) is 12.6. The molecule has 90 valence electrons. The van der Waals surface area contributed by atoms with Gasteiger partial charge in [-0.2, -0.15) is 0 Å². The molecule has 3 heteroatoms. The van der Waals surface area contributed by atoms with Crippen LogP contribution in [0.4, 0.5) is 0 Å². The lowest BCUT2D eigenvalue weighted by atomic mass is 9.71. The first-order valence-corrected chi connectivity index (χ1v) is 6.38. The molecular weight excluding hydrogens is 199 g/mol. The van der Waals surface area contributed by atoms with Gasteiger partial charge in [0.2, 0.25) is 0 Å². The molecule has 2 rings (SSSR count). The van der Waals surface area contributed by atoms with Gasteiger partial charge in [-0.15, -0.1) is 6.58 Å². The first-order valence-electron chi connectivity index (χ1n) is 6.38. The highest BCUT2D eigenvalue weighted by Gasteiger charge is 2.52. The highest BCUT2D eigenvalue weighted by atomic mass is 16.7. The van der Waals surface area contributed by atoms with Crippen molar-refractivity contribution in [2.75, 3.05) is 0 Å². The van der Waals surface area contributed by atoms with Crippen molar-refractivity contribution in [2.45, 2.75) is 64.6 Å². The van der Waals surface area contributed by atoms with Crippen LogP contribution in [0.25, 0.3) is 0 Å². The quantitative estimate of drug-likeness (QED) is 0.667. The molecule has 1 saturated heterocycles. The molecule has 2 aliphatic rings. The van der Waals surface area contributed by atoms with Crippen LogP contribution < -0.4 is 0 Å². The molecule has 0 N–H and O–H groups in total. The van der Waals surface area contributed by atoms with Crippen LogP contribution in [-0.4, -0.2) is 18.3 Å². The minimum absolute atomic E-state index is 0.201. The van der Waals surface area contributed by atoms with Gasteiger partial charge in [0, 0.05) is 0 Å². The Morgan fingerprint density at radius 1 is 1.06 bits per heavy atom. The van der Waals surface area contributed by atoms with Crippen LogP contribution in [0.1, 0.15) is 53.4 Å². The van der Waals surface area contributed by atoms with Crippen molar-refractivity contribution in [3.8, 4) is 0 Å². The molecule has 0 radical (unpaired) electrons. The van der Waals surface area contributed by atoms with Crippen LogP contribution in [0.15, 0.2) is 12.1 Å². The van der Waals surface area contributed by atoms with Gasteiger partial charge in [-0.3, -0.25) is 0 Å². The lowest BCUT2D eigenvalue weighted by Crippen LogP contribution is -2.41. The van der Waals surface area contributed by atoms with E-state index in [9.17, 15) is 0 Å². The molecule has 0 aromatic rings. The molecule has 2 nitrogen and oxygen atoms in total. The van der Waals surface area contributed by atoms with Gasteiger partial charge >= 0.3 is 7.12 Å². The standard InChI is InChI=1S/C13H23BO2/c1-10(11-8-6-7-9-11)14-15-12(2,3)13(4,5)16-14/h11H,1,6-9H2,2-5H3. The van der Waals surface area contributed by atoms with Gasteiger partial charge in [-0.25, -0.2) is 0 Å². The van der Waals surface area contributed by atoms with Gasteiger partial charge in [0.1, 0.15) is 0 Å². The van der Waals surface area contributed by atoms with E-state index < -0.39 is 0 Å². The lowest BCUT2D eigenvalue weighted by molar-refractivity contribution is 0.00578. The molecule has 2 fully saturated rings. The van der Waals surface area contributed by atoms with Gasteiger partial charge in [0.05, 0.1) is 11.2 Å². The Morgan fingerprint density at radius 2 is 1.50 bits per heavy atom. The second-order valence-electron chi connectivity index (χ2n) is 6.14. The summed E-state index contributed by atoms with van der Waals surface area (Å²) in [5.41, 5.74) is 0.675.